The molecule has 1 unspecified atom stereocenters. The summed E-state index contributed by atoms with van der Waals surface area (Å²) >= 11 is 1.47. The molecule has 0 amide bonds. The van der Waals surface area contributed by atoms with Gasteiger partial charge in [0.05, 0.1) is 17.0 Å². The zero-order valence-corrected chi connectivity index (χ0v) is 14.4. The standard InChI is InChI=1S/C14H24N2O3S2/c1-11(2)15-8-12-7-13(9-20-12)21(17,18)16-14(3)5-4-6-19-10-14/h7,9,11,15-16H,4-6,8,10H2,1-3H3. The third-order valence-corrected chi connectivity index (χ3v) is 6.15. The van der Waals surface area contributed by atoms with Gasteiger partial charge in [0.15, 0.2) is 0 Å². The van der Waals surface area contributed by atoms with Gasteiger partial charge in [-0.25, -0.2) is 13.1 Å². The Hall–Kier alpha value is -0.470. The molecule has 7 heteroatoms. The summed E-state index contributed by atoms with van der Waals surface area (Å²) < 4.78 is 33.2. The highest BCUT2D eigenvalue weighted by Crippen LogP contribution is 2.24. The second-order valence-electron chi connectivity index (χ2n) is 6.11. The summed E-state index contributed by atoms with van der Waals surface area (Å²) in [5.41, 5.74) is -0.505. The molecule has 0 aliphatic carbocycles. The SMILES string of the molecule is CC(C)NCc1cc(S(=O)(=O)NC2(C)CCCOC2)cs1. The van der Waals surface area contributed by atoms with Crippen molar-refractivity contribution in [2.24, 2.45) is 0 Å². The van der Waals surface area contributed by atoms with E-state index in [9.17, 15) is 8.42 Å². The van der Waals surface area contributed by atoms with Gasteiger partial charge in [-0.2, -0.15) is 0 Å². The van der Waals surface area contributed by atoms with Crippen LogP contribution in [0.5, 0.6) is 0 Å². The van der Waals surface area contributed by atoms with Crippen LogP contribution in [0.15, 0.2) is 16.3 Å². The first-order valence-corrected chi connectivity index (χ1v) is 9.60. The molecule has 0 bridgehead atoms. The lowest BCUT2D eigenvalue weighted by atomic mass is 9.97. The number of hydrogen-bond acceptors (Lipinski definition) is 5. The molecule has 2 heterocycles. The molecule has 5 nitrogen and oxygen atoms in total. The molecule has 1 aromatic rings. The lowest BCUT2D eigenvalue weighted by molar-refractivity contribution is 0.0386. The molecule has 1 fully saturated rings. The van der Waals surface area contributed by atoms with E-state index in [1.807, 2.05) is 6.92 Å². The van der Waals surface area contributed by atoms with Crippen LogP contribution in [0, 0.1) is 0 Å². The molecule has 0 aromatic carbocycles. The second-order valence-corrected chi connectivity index (χ2v) is 8.78. The number of ether oxygens (including phenoxy) is 1. The Morgan fingerprint density at radius 1 is 1.48 bits per heavy atom. The Morgan fingerprint density at radius 2 is 2.24 bits per heavy atom. The molecular formula is C14H24N2O3S2. The van der Waals surface area contributed by atoms with E-state index < -0.39 is 15.6 Å². The topological polar surface area (TPSA) is 67.4 Å². The summed E-state index contributed by atoms with van der Waals surface area (Å²) in [6, 6.07) is 2.12. The zero-order valence-electron chi connectivity index (χ0n) is 12.8. The number of thiophene rings is 1. The van der Waals surface area contributed by atoms with Crippen LogP contribution >= 0.6 is 11.3 Å². The zero-order chi connectivity index (χ0) is 15.5. The Kier molecular flexibility index (Phi) is 5.43. The number of sulfonamides is 1. The minimum atomic E-state index is -3.48. The third kappa shape index (κ3) is 4.75. The predicted molar refractivity (Wildman–Crippen MR) is 85.1 cm³/mol. The Bertz CT molecular complexity index is 561. The maximum atomic E-state index is 12.5. The molecule has 2 rings (SSSR count). The van der Waals surface area contributed by atoms with Gasteiger partial charge in [-0.3, -0.25) is 0 Å². The average molecular weight is 332 g/mol. The van der Waals surface area contributed by atoms with Crippen LogP contribution in [0.3, 0.4) is 0 Å². The third-order valence-electron chi connectivity index (χ3n) is 3.44. The van der Waals surface area contributed by atoms with Gasteiger partial charge in [0.1, 0.15) is 0 Å². The van der Waals surface area contributed by atoms with Crippen molar-refractivity contribution < 1.29 is 13.2 Å². The quantitative estimate of drug-likeness (QED) is 0.837. The predicted octanol–water partition coefficient (Wildman–Crippen LogP) is 2.09. The molecule has 1 aliphatic rings. The van der Waals surface area contributed by atoms with Gasteiger partial charge in [-0.15, -0.1) is 11.3 Å². The van der Waals surface area contributed by atoms with Gasteiger partial charge in [-0.05, 0) is 25.8 Å². The lowest BCUT2D eigenvalue weighted by Gasteiger charge is -2.33. The van der Waals surface area contributed by atoms with Crippen LogP contribution in [0.2, 0.25) is 0 Å². The number of hydrogen-bond donors (Lipinski definition) is 2. The molecule has 120 valence electrons. The molecular weight excluding hydrogens is 308 g/mol. The van der Waals surface area contributed by atoms with E-state index in [0.717, 1.165) is 17.7 Å². The maximum Gasteiger partial charge on any atom is 0.241 e. The molecule has 0 radical (unpaired) electrons. The summed E-state index contributed by atoms with van der Waals surface area (Å²) in [6.07, 6.45) is 1.68. The molecule has 1 aliphatic heterocycles. The molecule has 1 saturated heterocycles. The van der Waals surface area contributed by atoms with Gasteiger partial charge in [0, 0.05) is 29.5 Å². The van der Waals surface area contributed by atoms with Gasteiger partial charge in [0.2, 0.25) is 10.0 Å². The van der Waals surface area contributed by atoms with E-state index in [-0.39, 0.29) is 0 Å². The summed E-state index contributed by atoms with van der Waals surface area (Å²) in [4.78, 5) is 1.37. The van der Waals surface area contributed by atoms with Crippen LogP contribution in [0.25, 0.3) is 0 Å². The fourth-order valence-corrected chi connectivity index (χ4v) is 4.94. The van der Waals surface area contributed by atoms with Crippen molar-refractivity contribution in [1.29, 1.82) is 0 Å². The maximum absolute atomic E-state index is 12.5. The largest absolute Gasteiger partial charge is 0.380 e. The summed E-state index contributed by atoms with van der Waals surface area (Å²) in [5.74, 6) is 0. The first-order valence-electron chi connectivity index (χ1n) is 7.23. The summed E-state index contributed by atoms with van der Waals surface area (Å²) in [5, 5.41) is 4.99. The molecule has 0 spiro atoms. The molecule has 0 saturated carbocycles. The van der Waals surface area contributed by atoms with Crippen molar-refractivity contribution in [2.45, 2.75) is 56.6 Å². The van der Waals surface area contributed by atoms with Crippen LogP contribution in [-0.2, 0) is 21.3 Å². The van der Waals surface area contributed by atoms with Crippen molar-refractivity contribution in [3.63, 3.8) is 0 Å². The Morgan fingerprint density at radius 3 is 2.86 bits per heavy atom. The van der Waals surface area contributed by atoms with Crippen molar-refractivity contribution in [3.8, 4) is 0 Å². The van der Waals surface area contributed by atoms with Crippen LogP contribution < -0.4 is 10.0 Å². The Labute approximate surface area is 131 Å². The molecule has 1 atom stereocenters. The first kappa shape index (κ1) is 16.9. The van der Waals surface area contributed by atoms with Crippen molar-refractivity contribution in [1.82, 2.24) is 10.0 Å². The molecule has 21 heavy (non-hydrogen) atoms. The van der Waals surface area contributed by atoms with Gasteiger partial charge < -0.3 is 10.1 Å². The minimum Gasteiger partial charge on any atom is -0.380 e. The highest BCUT2D eigenvalue weighted by Gasteiger charge is 2.33. The van der Waals surface area contributed by atoms with E-state index in [1.54, 1.807) is 11.4 Å². The lowest BCUT2D eigenvalue weighted by Crippen LogP contribution is -2.51. The second kappa shape index (κ2) is 6.75. The highest BCUT2D eigenvalue weighted by atomic mass is 32.2. The van der Waals surface area contributed by atoms with Crippen molar-refractivity contribution in [3.05, 3.63) is 16.3 Å². The first-order chi connectivity index (χ1) is 9.81. The number of rotatable bonds is 6. The summed E-state index contributed by atoms with van der Waals surface area (Å²) in [7, 11) is -3.48. The van der Waals surface area contributed by atoms with E-state index in [2.05, 4.69) is 23.9 Å². The smallest absolute Gasteiger partial charge is 0.241 e. The Balaban J connectivity index is 2.05. The minimum absolute atomic E-state index is 0.347. The van der Waals surface area contributed by atoms with Crippen LogP contribution in [0.4, 0.5) is 0 Å². The van der Waals surface area contributed by atoms with E-state index >= 15 is 0 Å². The average Bonchev–Trinajstić information content (AvgIpc) is 2.85. The fourth-order valence-electron chi connectivity index (χ4n) is 2.30. The van der Waals surface area contributed by atoms with E-state index in [0.29, 0.717) is 30.7 Å². The van der Waals surface area contributed by atoms with Crippen molar-refractivity contribution in [2.75, 3.05) is 13.2 Å². The normalized spacial score (nSPS) is 23.6. The van der Waals surface area contributed by atoms with Gasteiger partial charge >= 0.3 is 0 Å². The summed E-state index contributed by atoms with van der Waals surface area (Å²) in [6.45, 7) is 7.86. The van der Waals surface area contributed by atoms with E-state index in [4.69, 9.17) is 4.74 Å². The van der Waals surface area contributed by atoms with Gasteiger partial charge in [0.25, 0.3) is 0 Å². The fraction of sp³-hybridized carbons (Fsp3) is 0.714. The van der Waals surface area contributed by atoms with Crippen LogP contribution in [0.1, 0.15) is 38.5 Å². The van der Waals surface area contributed by atoms with Crippen molar-refractivity contribution >= 4 is 21.4 Å². The monoisotopic (exact) mass is 332 g/mol. The highest BCUT2D eigenvalue weighted by molar-refractivity contribution is 7.89. The van der Waals surface area contributed by atoms with Gasteiger partial charge in [-0.1, -0.05) is 13.8 Å². The van der Waals surface area contributed by atoms with Crippen LogP contribution in [-0.4, -0.2) is 33.2 Å². The molecule has 1 aromatic heterocycles. The number of nitrogens with one attached hydrogen (secondary N) is 2. The molecule has 2 N–H and O–H groups in total. The van der Waals surface area contributed by atoms with E-state index in [1.165, 1.54) is 11.3 Å².